The fourth-order valence-electron chi connectivity index (χ4n) is 2.01. The lowest BCUT2D eigenvalue weighted by Crippen LogP contribution is -2.05. The number of fused-ring (bicyclic) bond motifs is 2. The Kier molecular flexibility index (Phi) is 2.45. The summed E-state index contributed by atoms with van der Waals surface area (Å²) in [6.45, 7) is 2.12. The SMILES string of the molecule is CC1C=Cc2sc3ccccc3c(=O)c2C=C1. The summed E-state index contributed by atoms with van der Waals surface area (Å²) in [5, 5.41) is 0.823. The largest absolute Gasteiger partial charge is 0.289 e. The number of allylic oxidation sites excluding steroid dienone is 2. The topological polar surface area (TPSA) is 17.1 Å². The van der Waals surface area contributed by atoms with E-state index in [0.717, 1.165) is 20.5 Å². The van der Waals surface area contributed by atoms with Gasteiger partial charge in [-0.1, -0.05) is 37.3 Å². The zero-order chi connectivity index (χ0) is 11.8. The maximum atomic E-state index is 12.4. The normalized spacial score (nSPS) is 18.1. The van der Waals surface area contributed by atoms with Gasteiger partial charge in [0.05, 0.1) is 0 Å². The van der Waals surface area contributed by atoms with Gasteiger partial charge in [-0.3, -0.25) is 4.79 Å². The number of hydrogen-bond acceptors (Lipinski definition) is 2. The van der Waals surface area contributed by atoms with E-state index in [4.69, 9.17) is 0 Å². The molecule has 1 aliphatic carbocycles. The monoisotopic (exact) mass is 240 g/mol. The van der Waals surface area contributed by atoms with Crippen LogP contribution in [0.5, 0.6) is 0 Å². The van der Waals surface area contributed by atoms with E-state index in [9.17, 15) is 4.79 Å². The van der Waals surface area contributed by atoms with Gasteiger partial charge in [0.15, 0.2) is 5.43 Å². The summed E-state index contributed by atoms with van der Waals surface area (Å²) in [5.41, 5.74) is 0.971. The van der Waals surface area contributed by atoms with Crippen molar-refractivity contribution in [2.45, 2.75) is 6.92 Å². The molecule has 1 aliphatic rings. The van der Waals surface area contributed by atoms with Crippen molar-refractivity contribution in [3.05, 3.63) is 57.1 Å². The Balaban J connectivity index is 2.41. The highest BCUT2D eigenvalue weighted by molar-refractivity contribution is 7.19. The van der Waals surface area contributed by atoms with Gasteiger partial charge in [-0.2, -0.15) is 0 Å². The van der Waals surface area contributed by atoms with Gasteiger partial charge < -0.3 is 0 Å². The molecule has 0 spiro atoms. The van der Waals surface area contributed by atoms with E-state index in [1.165, 1.54) is 0 Å². The first-order valence-corrected chi connectivity index (χ1v) is 6.49. The van der Waals surface area contributed by atoms with E-state index < -0.39 is 0 Å². The molecule has 0 bridgehead atoms. The van der Waals surface area contributed by atoms with Gasteiger partial charge in [-0.05, 0) is 24.1 Å². The first kappa shape index (κ1) is 10.5. The van der Waals surface area contributed by atoms with Crippen LogP contribution in [-0.2, 0) is 0 Å². The average Bonchev–Trinajstić information content (AvgIpc) is 2.53. The zero-order valence-electron chi connectivity index (χ0n) is 9.51. The first-order valence-electron chi connectivity index (χ1n) is 5.68. The molecule has 1 aromatic carbocycles. The van der Waals surface area contributed by atoms with Crippen molar-refractivity contribution in [1.82, 2.24) is 0 Å². The molecule has 1 nitrogen and oxygen atoms in total. The van der Waals surface area contributed by atoms with Gasteiger partial charge in [0.1, 0.15) is 0 Å². The minimum Gasteiger partial charge on any atom is -0.289 e. The molecular weight excluding hydrogens is 228 g/mol. The lowest BCUT2D eigenvalue weighted by Gasteiger charge is -2.01. The van der Waals surface area contributed by atoms with E-state index in [-0.39, 0.29) is 5.43 Å². The summed E-state index contributed by atoms with van der Waals surface area (Å²) in [7, 11) is 0. The van der Waals surface area contributed by atoms with E-state index in [0.29, 0.717) is 5.92 Å². The quantitative estimate of drug-likeness (QED) is 0.681. The minimum atomic E-state index is 0.143. The number of hydrogen-bond donors (Lipinski definition) is 0. The van der Waals surface area contributed by atoms with Crippen LogP contribution in [0.25, 0.3) is 22.2 Å². The zero-order valence-corrected chi connectivity index (χ0v) is 10.3. The summed E-state index contributed by atoms with van der Waals surface area (Å²) >= 11 is 1.68. The highest BCUT2D eigenvalue weighted by Gasteiger charge is 2.10. The van der Waals surface area contributed by atoms with Gasteiger partial charge >= 0.3 is 0 Å². The fraction of sp³-hybridized carbons (Fsp3) is 0.133. The van der Waals surface area contributed by atoms with Crippen molar-refractivity contribution in [2.75, 3.05) is 0 Å². The van der Waals surface area contributed by atoms with Crippen LogP contribution < -0.4 is 5.43 Å². The molecule has 2 aromatic rings. The highest BCUT2D eigenvalue weighted by atomic mass is 32.1. The van der Waals surface area contributed by atoms with E-state index >= 15 is 0 Å². The van der Waals surface area contributed by atoms with Crippen molar-refractivity contribution < 1.29 is 0 Å². The third kappa shape index (κ3) is 1.75. The second kappa shape index (κ2) is 3.97. The summed E-state index contributed by atoms with van der Waals surface area (Å²) < 4.78 is 1.06. The van der Waals surface area contributed by atoms with Crippen molar-refractivity contribution >= 4 is 33.6 Å². The molecule has 0 amide bonds. The molecule has 17 heavy (non-hydrogen) atoms. The molecule has 3 rings (SSSR count). The first-order chi connectivity index (χ1) is 8.25. The number of rotatable bonds is 0. The molecule has 1 aromatic heterocycles. The molecule has 0 N–H and O–H groups in total. The van der Waals surface area contributed by atoms with Crippen LogP contribution in [0.15, 0.2) is 41.2 Å². The fourth-order valence-corrected chi connectivity index (χ4v) is 3.08. The van der Waals surface area contributed by atoms with Gasteiger partial charge in [0, 0.05) is 20.5 Å². The Labute approximate surface area is 104 Å². The molecule has 0 saturated carbocycles. The summed E-state index contributed by atoms with van der Waals surface area (Å²) in [6, 6.07) is 7.80. The molecule has 0 fully saturated rings. The second-order valence-electron chi connectivity index (χ2n) is 4.28. The van der Waals surface area contributed by atoms with E-state index in [1.807, 2.05) is 30.3 Å². The smallest absolute Gasteiger partial charge is 0.195 e. The number of benzene rings is 1. The molecule has 0 radical (unpaired) electrons. The molecular formula is C15H12OS. The van der Waals surface area contributed by atoms with Crippen LogP contribution in [0.4, 0.5) is 0 Å². The van der Waals surface area contributed by atoms with E-state index in [2.05, 4.69) is 25.2 Å². The Bertz CT molecular complexity index is 692. The van der Waals surface area contributed by atoms with Crippen molar-refractivity contribution in [1.29, 1.82) is 0 Å². The van der Waals surface area contributed by atoms with Crippen LogP contribution in [0.2, 0.25) is 0 Å². The van der Waals surface area contributed by atoms with Gasteiger partial charge in [0.2, 0.25) is 0 Å². The van der Waals surface area contributed by atoms with Gasteiger partial charge in [-0.15, -0.1) is 11.3 Å². The summed E-state index contributed by atoms with van der Waals surface area (Å²) in [4.78, 5) is 13.4. The molecule has 2 heteroatoms. The molecule has 1 atom stereocenters. The van der Waals surface area contributed by atoms with Crippen LogP contribution in [0.3, 0.4) is 0 Å². The third-order valence-electron chi connectivity index (χ3n) is 2.98. The van der Waals surface area contributed by atoms with Crippen molar-refractivity contribution in [2.24, 2.45) is 5.92 Å². The molecule has 0 aliphatic heterocycles. The minimum absolute atomic E-state index is 0.143. The summed E-state index contributed by atoms with van der Waals surface area (Å²) in [6.07, 6.45) is 8.24. The van der Waals surface area contributed by atoms with Gasteiger partial charge in [0.25, 0.3) is 0 Å². The predicted molar refractivity (Wildman–Crippen MR) is 75.3 cm³/mol. The molecule has 0 saturated heterocycles. The third-order valence-corrected chi connectivity index (χ3v) is 4.13. The maximum Gasteiger partial charge on any atom is 0.195 e. The second-order valence-corrected chi connectivity index (χ2v) is 5.37. The van der Waals surface area contributed by atoms with Crippen molar-refractivity contribution in [3.8, 4) is 0 Å². The summed E-state index contributed by atoms with van der Waals surface area (Å²) in [5.74, 6) is 0.386. The highest BCUT2D eigenvalue weighted by Crippen LogP contribution is 2.26. The van der Waals surface area contributed by atoms with Crippen LogP contribution in [0, 0.1) is 5.92 Å². The lowest BCUT2D eigenvalue weighted by atomic mass is 10.1. The van der Waals surface area contributed by atoms with E-state index in [1.54, 1.807) is 11.3 Å². The lowest BCUT2D eigenvalue weighted by molar-refractivity contribution is 0.954. The molecule has 1 unspecified atom stereocenters. The Hall–Kier alpha value is -1.67. The molecule has 84 valence electrons. The Morgan fingerprint density at radius 1 is 1.12 bits per heavy atom. The predicted octanol–water partition coefficient (Wildman–Crippen LogP) is 3.94. The van der Waals surface area contributed by atoms with Crippen LogP contribution in [-0.4, -0.2) is 0 Å². The average molecular weight is 240 g/mol. The van der Waals surface area contributed by atoms with Crippen LogP contribution in [0.1, 0.15) is 17.4 Å². The standard InChI is InChI=1S/C15H12OS/c1-10-6-8-12-14(9-7-10)17-13-5-3-2-4-11(13)15(12)16/h2-10H,1H3. The Morgan fingerprint density at radius 3 is 2.76 bits per heavy atom. The van der Waals surface area contributed by atoms with Gasteiger partial charge in [-0.25, -0.2) is 0 Å². The van der Waals surface area contributed by atoms with Crippen molar-refractivity contribution in [3.63, 3.8) is 0 Å². The molecule has 1 heterocycles. The Morgan fingerprint density at radius 2 is 1.88 bits per heavy atom. The van der Waals surface area contributed by atoms with Crippen LogP contribution >= 0.6 is 11.3 Å². The maximum absolute atomic E-state index is 12.4.